The van der Waals surface area contributed by atoms with E-state index in [2.05, 4.69) is 0 Å². The maximum Gasteiger partial charge on any atom is 0.338 e. The maximum absolute atomic E-state index is 12.9. The standard InChI is InChI=1S/C21H19NO4S2/c1-3-25-17-8-6-5-7-15(17)13-18-19(23)22(21(27)28-18)16-11-9-14(10-12-16)20(24)26-4-2/h5-13H,3-4H2,1-2H3. The largest absolute Gasteiger partial charge is 0.493 e. The third kappa shape index (κ3) is 4.26. The van der Waals surface area contributed by atoms with Crippen LogP contribution in [0.4, 0.5) is 5.69 Å². The molecule has 1 aliphatic heterocycles. The number of para-hydroxylation sites is 1. The summed E-state index contributed by atoms with van der Waals surface area (Å²) in [6.45, 7) is 4.51. The van der Waals surface area contributed by atoms with E-state index in [9.17, 15) is 9.59 Å². The summed E-state index contributed by atoms with van der Waals surface area (Å²) >= 11 is 6.65. The van der Waals surface area contributed by atoms with Gasteiger partial charge in [-0.2, -0.15) is 0 Å². The number of benzene rings is 2. The summed E-state index contributed by atoms with van der Waals surface area (Å²) in [5.41, 5.74) is 1.86. The minimum atomic E-state index is -0.396. The minimum absolute atomic E-state index is 0.204. The summed E-state index contributed by atoms with van der Waals surface area (Å²) in [5.74, 6) is 0.117. The quantitative estimate of drug-likeness (QED) is 0.390. The van der Waals surface area contributed by atoms with Crippen LogP contribution in [0.5, 0.6) is 5.75 Å². The predicted octanol–water partition coefficient (Wildman–Crippen LogP) is 4.67. The van der Waals surface area contributed by atoms with E-state index in [-0.39, 0.29) is 5.91 Å². The number of hydrogen-bond acceptors (Lipinski definition) is 6. The second-order valence-electron chi connectivity index (χ2n) is 5.76. The van der Waals surface area contributed by atoms with Crippen molar-refractivity contribution in [3.63, 3.8) is 0 Å². The van der Waals surface area contributed by atoms with Crippen LogP contribution in [0.2, 0.25) is 0 Å². The Morgan fingerprint density at radius 1 is 1.11 bits per heavy atom. The molecule has 2 aromatic rings. The molecule has 1 fully saturated rings. The van der Waals surface area contributed by atoms with Gasteiger partial charge in [-0.05, 0) is 50.3 Å². The molecular formula is C21H19NO4S2. The molecule has 0 radical (unpaired) electrons. The molecule has 1 amide bonds. The molecule has 1 heterocycles. The lowest BCUT2D eigenvalue weighted by Crippen LogP contribution is -2.27. The fraction of sp³-hybridized carbons (Fsp3) is 0.190. The smallest absolute Gasteiger partial charge is 0.338 e. The van der Waals surface area contributed by atoms with Crippen LogP contribution in [0.3, 0.4) is 0 Å². The molecular weight excluding hydrogens is 394 g/mol. The van der Waals surface area contributed by atoms with Crippen LogP contribution in [-0.2, 0) is 9.53 Å². The summed E-state index contributed by atoms with van der Waals surface area (Å²) in [4.78, 5) is 26.7. The first kappa shape index (κ1) is 20.1. The highest BCUT2D eigenvalue weighted by molar-refractivity contribution is 8.27. The van der Waals surface area contributed by atoms with Crippen LogP contribution in [0.15, 0.2) is 53.4 Å². The second kappa shape index (κ2) is 9.03. The van der Waals surface area contributed by atoms with Gasteiger partial charge in [0.15, 0.2) is 4.32 Å². The lowest BCUT2D eigenvalue weighted by atomic mass is 10.1. The van der Waals surface area contributed by atoms with E-state index in [1.165, 1.54) is 16.7 Å². The number of rotatable bonds is 6. The van der Waals surface area contributed by atoms with Crippen LogP contribution in [0.1, 0.15) is 29.8 Å². The van der Waals surface area contributed by atoms with Crippen molar-refractivity contribution in [2.75, 3.05) is 18.1 Å². The number of hydrogen-bond donors (Lipinski definition) is 0. The van der Waals surface area contributed by atoms with Crippen LogP contribution in [0.25, 0.3) is 6.08 Å². The van der Waals surface area contributed by atoms with Gasteiger partial charge in [-0.25, -0.2) is 4.79 Å². The fourth-order valence-corrected chi connectivity index (χ4v) is 3.97. The number of carbonyl (C=O) groups is 2. The van der Waals surface area contributed by atoms with Crippen molar-refractivity contribution in [2.24, 2.45) is 0 Å². The number of amides is 1. The highest BCUT2D eigenvalue weighted by atomic mass is 32.2. The monoisotopic (exact) mass is 413 g/mol. The average Bonchev–Trinajstić information content (AvgIpc) is 2.97. The predicted molar refractivity (Wildman–Crippen MR) is 116 cm³/mol. The summed E-state index contributed by atoms with van der Waals surface area (Å²) in [6, 6.07) is 14.2. The van der Waals surface area contributed by atoms with E-state index in [4.69, 9.17) is 21.7 Å². The lowest BCUT2D eigenvalue weighted by molar-refractivity contribution is -0.113. The van der Waals surface area contributed by atoms with Gasteiger partial charge >= 0.3 is 5.97 Å². The first-order valence-corrected chi connectivity index (χ1v) is 10.0. The zero-order chi connectivity index (χ0) is 20.1. The number of ether oxygens (including phenoxy) is 2. The van der Waals surface area contributed by atoms with Gasteiger partial charge in [-0.1, -0.05) is 42.2 Å². The molecule has 0 saturated carbocycles. The molecule has 28 heavy (non-hydrogen) atoms. The second-order valence-corrected chi connectivity index (χ2v) is 7.43. The maximum atomic E-state index is 12.9. The first-order chi connectivity index (χ1) is 13.5. The van der Waals surface area contributed by atoms with E-state index < -0.39 is 5.97 Å². The molecule has 1 aliphatic rings. The number of esters is 1. The van der Waals surface area contributed by atoms with Crippen molar-refractivity contribution in [3.8, 4) is 5.75 Å². The van der Waals surface area contributed by atoms with Crippen molar-refractivity contribution in [3.05, 3.63) is 64.6 Å². The number of thioether (sulfide) groups is 1. The Balaban J connectivity index is 1.85. The molecule has 1 saturated heterocycles. The van der Waals surface area contributed by atoms with Crippen LogP contribution in [-0.4, -0.2) is 29.4 Å². The third-order valence-corrected chi connectivity index (χ3v) is 5.24. The topological polar surface area (TPSA) is 55.8 Å². The van der Waals surface area contributed by atoms with Gasteiger partial charge in [0, 0.05) is 5.56 Å². The van der Waals surface area contributed by atoms with Crippen LogP contribution >= 0.6 is 24.0 Å². The van der Waals surface area contributed by atoms with Gasteiger partial charge < -0.3 is 9.47 Å². The molecule has 0 aliphatic carbocycles. The molecule has 144 valence electrons. The Morgan fingerprint density at radius 2 is 1.82 bits per heavy atom. The van der Waals surface area contributed by atoms with Gasteiger partial charge in [-0.15, -0.1) is 0 Å². The summed E-state index contributed by atoms with van der Waals surface area (Å²) < 4.78 is 11.0. The normalized spacial score (nSPS) is 15.2. The fourth-order valence-electron chi connectivity index (χ4n) is 2.68. The van der Waals surface area contributed by atoms with E-state index >= 15 is 0 Å². The number of nitrogens with zero attached hydrogens (tertiary/aromatic N) is 1. The van der Waals surface area contributed by atoms with Crippen molar-refractivity contribution >= 4 is 51.9 Å². The summed E-state index contributed by atoms with van der Waals surface area (Å²) in [6.07, 6.45) is 1.79. The van der Waals surface area contributed by atoms with Crippen molar-refractivity contribution in [2.45, 2.75) is 13.8 Å². The van der Waals surface area contributed by atoms with E-state index in [1.54, 1.807) is 37.3 Å². The number of carbonyl (C=O) groups excluding carboxylic acids is 2. The Labute approximate surface area is 173 Å². The molecule has 0 N–H and O–H groups in total. The van der Waals surface area contributed by atoms with E-state index in [1.807, 2.05) is 31.2 Å². The van der Waals surface area contributed by atoms with Gasteiger partial charge in [0.25, 0.3) is 5.91 Å². The molecule has 0 aromatic heterocycles. The molecule has 5 nitrogen and oxygen atoms in total. The van der Waals surface area contributed by atoms with Crippen molar-refractivity contribution in [1.82, 2.24) is 0 Å². The van der Waals surface area contributed by atoms with Gasteiger partial charge in [-0.3, -0.25) is 9.69 Å². The third-order valence-electron chi connectivity index (χ3n) is 3.94. The molecule has 3 rings (SSSR count). The Kier molecular flexibility index (Phi) is 6.49. The summed E-state index contributed by atoms with van der Waals surface area (Å²) in [5, 5.41) is 0. The molecule has 2 aromatic carbocycles. The molecule has 0 spiro atoms. The SMILES string of the molecule is CCOC(=O)c1ccc(N2C(=O)C(=Cc3ccccc3OCC)SC2=S)cc1. The average molecular weight is 414 g/mol. The lowest BCUT2D eigenvalue weighted by Gasteiger charge is -2.14. The number of anilines is 1. The first-order valence-electron chi connectivity index (χ1n) is 8.82. The van der Waals surface area contributed by atoms with E-state index in [0.29, 0.717) is 39.4 Å². The van der Waals surface area contributed by atoms with Crippen molar-refractivity contribution < 1.29 is 19.1 Å². The summed E-state index contributed by atoms with van der Waals surface area (Å²) in [7, 11) is 0. The number of thiocarbonyl (C=S) groups is 1. The highest BCUT2D eigenvalue weighted by Gasteiger charge is 2.33. The van der Waals surface area contributed by atoms with Crippen LogP contribution in [0, 0.1) is 0 Å². The Morgan fingerprint density at radius 3 is 2.50 bits per heavy atom. The van der Waals surface area contributed by atoms with Gasteiger partial charge in [0.05, 0.1) is 29.4 Å². The van der Waals surface area contributed by atoms with Gasteiger partial charge in [0.1, 0.15) is 5.75 Å². The van der Waals surface area contributed by atoms with Crippen LogP contribution < -0.4 is 9.64 Å². The minimum Gasteiger partial charge on any atom is -0.493 e. The molecule has 0 unspecified atom stereocenters. The van der Waals surface area contributed by atoms with E-state index in [0.717, 1.165) is 5.56 Å². The Bertz CT molecular complexity index is 938. The van der Waals surface area contributed by atoms with Gasteiger partial charge in [0.2, 0.25) is 0 Å². The zero-order valence-corrected chi connectivity index (χ0v) is 17.1. The molecule has 0 atom stereocenters. The molecule has 0 bridgehead atoms. The van der Waals surface area contributed by atoms with Crippen molar-refractivity contribution in [1.29, 1.82) is 0 Å². The highest BCUT2D eigenvalue weighted by Crippen LogP contribution is 2.37. The zero-order valence-electron chi connectivity index (χ0n) is 15.5. The Hall–Kier alpha value is -2.64. The molecule has 7 heteroatoms.